The van der Waals surface area contributed by atoms with E-state index >= 15 is 0 Å². The smallest absolute Gasteiger partial charge is 0.280 e. The van der Waals surface area contributed by atoms with Crippen molar-refractivity contribution in [3.63, 3.8) is 0 Å². The molecule has 7 heteroatoms. The van der Waals surface area contributed by atoms with E-state index in [1.165, 1.54) is 4.90 Å². The third-order valence-corrected chi connectivity index (χ3v) is 4.15. The zero-order valence-electron chi connectivity index (χ0n) is 13.0. The van der Waals surface area contributed by atoms with Crippen molar-refractivity contribution < 1.29 is 14.4 Å². The fraction of sp³-hybridized carbons (Fsp3) is 0.375. The average molecular weight is 336 g/mol. The van der Waals surface area contributed by atoms with Gasteiger partial charge < -0.3 is 15.0 Å². The van der Waals surface area contributed by atoms with Crippen LogP contribution in [0.5, 0.6) is 0 Å². The van der Waals surface area contributed by atoms with Crippen LogP contribution in [0.15, 0.2) is 30.3 Å². The Hall–Kier alpha value is -1.89. The SMILES string of the molecule is Cn1nc(-c2ccc(Cl)cc2)cc1NC(=O)C[NH+]1CCOCC1. The quantitative estimate of drug-likeness (QED) is 0.860. The summed E-state index contributed by atoms with van der Waals surface area (Å²) in [6, 6.07) is 9.34. The summed E-state index contributed by atoms with van der Waals surface area (Å²) in [5.74, 6) is 0.681. The Bertz CT molecular complexity index is 678. The maximum Gasteiger partial charge on any atom is 0.280 e. The van der Waals surface area contributed by atoms with Crippen molar-refractivity contribution in [1.82, 2.24) is 9.78 Å². The minimum atomic E-state index is -0.00689. The molecule has 2 N–H and O–H groups in total. The Morgan fingerprint density at radius 3 is 2.74 bits per heavy atom. The van der Waals surface area contributed by atoms with E-state index in [1.54, 1.807) is 4.68 Å². The first-order valence-electron chi connectivity index (χ1n) is 7.63. The summed E-state index contributed by atoms with van der Waals surface area (Å²) in [6.45, 7) is 3.62. The number of nitrogens with one attached hydrogen (secondary N) is 2. The molecule has 0 unspecified atom stereocenters. The van der Waals surface area contributed by atoms with Gasteiger partial charge in [-0.25, -0.2) is 0 Å². The largest absolute Gasteiger partial charge is 0.370 e. The second-order valence-corrected chi connectivity index (χ2v) is 6.07. The number of carbonyl (C=O) groups is 1. The number of aryl methyl sites for hydroxylation is 1. The van der Waals surface area contributed by atoms with Crippen LogP contribution in [-0.2, 0) is 16.6 Å². The Balaban J connectivity index is 1.66. The molecule has 1 fully saturated rings. The van der Waals surface area contributed by atoms with Crippen LogP contribution in [-0.4, -0.2) is 48.5 Å². The monoisotopic (exact) mass is 335 g/mol. The first-order chi connectivity index (χ1) is 11.1. The molecule has 1 aliphatic heterocycles. The lowest BCUT2D eigenvalue weighted by Crippen LogP contribution is -3.15. The van der Waals surface area contributed by atoms with E-state index in [-0.39, 0.29) is 5.91 Å². The van der Waals surface area contributed by atoms with Crippen LogP contribution in [0.4, 0.5) is 5.82 Å². The van der Waals surface area contributed by atoms with Crippen LogP contribution >= 0.6 is 11.6 Å². The first-order valence-corrected chi connectivity index (χ1v) is 8.01. The summed E-state index contributed by atoms with van der Waals surface area (Å²) in [5, 5.41) is 8.06. The summed E-state index contributed by atoms with van der Waals surface area (Å²) in [7, 11) is 1.82. The van der Waals surface area contributed by atoms with Crippen molar-refractivity contribution >= 4 is 23.3 Å². The van der Waals surface area contributed by atoms with Gasteiger partial charge in [0, 0.05) is 23.7 Å². The van der Waals surface area contributed by atoms with Gasteiger partial charge in [0.15, 0.2) is 6.54 Å². The molecular formula is C16H20ClN4O2+. The molecule has 1 saturated heterocycles. The van der Waals surface area contributed by atoms with E-state index in [0.29, 0.717) is 17.4 Å². The lowest BCUT2D eigenvalue weighted by atomic mass is 10.1. The van der Waals surface area contributed by atoms with Crippen molar-refractivity contribution in [3.05, 3.63) is 35.4 Å². The van der Waals surface area contributed by atoms with Crippen molar-refractivity contribution in [2.24, 2.45) is 7.05 Å². The minimum absolute atomic E-state index is 0.00689. The molecule has 0 atom stereocenters. The van der Waals surface area contributed by atoms with Crippen LogP contribution in [0, 0.1) is 0 Å². The van der Waals surface area contributed by atoms with Crippen molar-refractivity contribution in [3.8, 4) is 11.3 Å². The van der Waals surface area contributed by atoms with Crippen LogP contribution in [0.25, 0.3) is 11.3 Å². The molecule has 3 rings (SSSR count). The van der Waals surface area contributed by atoms with E-state index in [0.717, 1.165) is 37.6 Å². The molecular weight excluding hydrogens is 316 g/mol. The number of hydrogen-bond acceptors (Lipinski definition) is 3. The van der Waals surface area contributed by atoms with E-state index < -0.39 is 0 Å². The molecule has 0 spiro atoms. The van der Waals surface area contributed by atoms with Gasteiger partial charge in [0.25, 0.3) is 5.91 Å². The molecule has 2 aromatic rings. The maximum atomic E-state index is 12.2. The molecule has 1 aromatic heterocycles. The van der Waals surface area contributed by atoms with Gasteiger partial charge in [0.05, 0.1) is 18.9 Å². The first kappa shape index (κ1) is 16.0. The Morgan fingerprint density at radius 2 is 2.04 bits per heavy atom. The van der Waals surface area contributed by atoms with Crippen LogP contribution in [0.3, 0.4) is 0 Å². The Morgan fingerprint density at radius 1 is 1.35 bits per heavy atom. The molecule has 1 aliphatic rings. The van der Waals surface area contributed by atoms with Gasteiger partial charge in [-0.3, -0.25) is 9.48 Å². The highest BCUT2D eigenvalue weighted by molar-refractivity contribution is 6.30. The number of rotatable bonds is 4. The molecule has 23 heavy (non-hydrogen) atoms. The van der Waals surface area contributed by atoms with E-state index in [4.69, 9.17) is 16.3 Å². The number of quaternary nitrogens is 1. The van der Waals surface area contributed by atoms with Crippen molar-refractivity contribution in [2.75, 3.05) is 38.2 Å². The summed E-state index contributed by atoms with van der Waals surface area (Å²) in [6.07, 6.45) is 0. The van der Waals surface area contributed by atoms with Crippen molar-refractivity contribution in [1.29, 1.82) is 0 Å². The number of carbonyl (C=O) groups excluding carboxylic acids is 1. The van der Waals surface area contributed by atoms with Crippen LogP contribution < -0.4 is 10.2 Å². The van der Waals surface area contributed by atoms with E-state index in [9.17, 15) is 4.79 Å². The number of anilines is 1. The third kappa shape index (κ3) is 4.10. The lowest BCUT2D eigenvalue weighted by molar-refractivity contribution is -0.899. The standard InChI is InChI=1S/C16H19ClN4O2/c1-20-15(18-16(22)11-21-6-8-23-9-7-21)10-14(19-20)12-2-4-13(17)5-3-12/h2-5,10H,6-9,11H2,1H3,(H,18,22)/p+1. The fourth-order valence-corrected chi connectivity index (χ4v) is 2.72. The summed E-state index contributed by atoms with van der Waals surface area (Å²) in [5.41, 5.74) is 1.77. The lowest BCUT2D eigenvalue weighted by Gasteiger charge is -2.22. The molecule has 0 saturated carbocycles. The van der Waals surface area contributed by atoms with Crippen LogP contribution in [0.1, 0.15) is 0 Å². The van der Waals surface area contributed by atoms with Gasteiger partial charge in [-0.15, -0.1) is 0 Å². The number of amides is 1. The molecule has 0 bridgehead atoms. The Kier molecular flexibility index (Phi) is 4.95. The highest BCUT2D eigenvalue weighted by Crippen LogP contribution is 2.22. The summed E-state index contributed by atoms with van der Waals surface area (Å²) < 4.78 is 6.98. The molecule has 6 nitrogen and oxygen atoms in total. The normalized spacial score (nSPS) is 15.6. The van der Waals surface area contributed by atoms with E-state index in [1.807, 2.05) is 37.4 Å². The molecule has 1 aromatic carbocycles. The summed E-state index contributed by atoms with van der Waals surface area (Å²) >= 11 is 5.90. The van der Waals surface area contributed by atoms with E-state index in [2.05, 4.69) is 10.4 Å². The van der Waals surface area contributed by atoms with Gasteiger partial charge in [0.1, 0.15) is 18.9 Å². The second-order valence-electron chi connectivity index (χ2n) is 5.63. The number of benzene rings is 1. The second kappa shape index (κ2) is 7.12. The number of nitrogens with zero attached hydrogens (tertiary/aromatic N) is 2. The number of ether oxygens (including phenoxy) is 1. The molecule has 2 heterocycles. The maximum absolute atomic E-state index is 12.2. The predicted molar refractivity (Wildman–Crippen MR) is 88.7 cm³/mol. The minimum Gasteiger partial charge on any atom is -0.370 e. The zero-order valence-corrected chi connectivity index (χ0v) is 13.8. The average Bonchev–Trinajstić information content (AvgIpc) is 2.90. The van der Waals surface area contributed by atoms with Crippen LogP contribution in [0.2, 0.25) is 5.02 Å². The summed E-state index contributed by atoms with van der Waals surface area (Å²) in [4.78, 5) is 13.4. The number of hydrogen-bond donors (Lipinski definition) is 2. The molecule has 0 radical (unpaired) electrons. The van der Waals surface area contributed by atoms with Gasteiger partial charge in [-0.2, -0.15) is 5.10 Å². The molecule has 122 valence electrons. The number of aromatic nitrogens is 2. The third-order valence-electron chi connectivity index (χ3n) is 3.90. The molecule has 0 aliphatic carbocycles. The van der Waals surface area contributed by atoms with Gasteiger partial charge in [-0.1, -0.05) is 23.7 Å². The fourth-order valence-electron chi connectivity index (χ4n) is 2.60. The highest BCUT2D eigenvalue weighted by Gasteiger charge is 2.18. The zero-order chi connectivity index (χ0) is 16.2. The van der Waals surface area contributed by atoms with Gasteiger partial charge in [0.2, 0.25) is 0 Å². The van der Waals surface area contributed by atoms with Crippen molar-refractivity contribution in [2.45, 2.75) is 0 Å². The predicted octanol–water partition coefficient (Wildman–Crippen LogP) is 0.594. The molecule has 1 amide bonds. The Labute approximate surface area is 140 Å². The highest BCUT2D eigenvalue weighted by atomic mass is 35.5. The number of halogens is 1. The number of morpholine rings is 1. The van der Waals surface area contributed by atoms with Gasteiger partial charge >= 0.3 is 0 Å². The van der Waals surface area contributed by atoms with Gasteiger partial charge in [-0.05, 0) is 12.1 Å². The topological polar surface area (TPSA) is 60.6 Å².